The Bertz CT molecular complexity index is 516. The molecular weight excluding hydrogens is 228 g/mol. The SMILES string of the molecule is CC[C@@]1(C(C)=O)Cc2ccccc2C(=O)[C@@]1(C)O. The average molecular weight is 246 g/mol. The number of hydrogen-bond donors (Lipinski definition) is 1. The molecule has 96 valence electrons. The number of rotatable bonds is 2. The first-order valence-corrected chi connectivity index (χ1v) is 6.23. The van der Waals surface area contributed by atoms with Crippen LogP contribution in [0.1, 0.15) is 43.1 Å². The monoisotopic (exact) mass is 246 g/mol. The van der Waals surface area contributed by atoms with Crippen molar-refractivity contribution in [1.82, 2.24) is 0 Å². The second-order valence-corrected chi connectivity index (χ2v) is 5.23. The van der Waals surface area contributed by atoms with E-state index in [0.29, 0.717) is 18.4 Å². The van der Waals surface area contributed by atoms with E-state index in [4.69, 9.17) is 0 Å². The first kappa shape index (κ1) is 13.0. The Kier molecular flexibility index (Phi) is 2.90. The predicted octanol–water partition coefficient (Wildman–Crippen LogP) is 2.16. The highest BCUT2D eigenvalue weighted by Crippen LogP contribution is 2.45. The van der Waals surface area contributed by atoms with Gasteiger partial charge in [-0.1, -0.05) is 31.2 Å². The summed E-state index contributed by atoms with van der Waals surface area (Å²) in [6.07, 6.45) is 0.878. The minimum Gasteiger partial charge on any atom is -0.381 e. The highest BCUT2D eigenvalue weighted by molar-refractivity contribution is 6.09. The van der Waals surface area contributed by atoms with Crippen molar-refractivity contribution >= 4 is 11.6 Å². The van der Waals surface area contributed by atoms with Crippen molar-refractivity contribution in [3.05, 3.63) is 35.4 Å². The fraction of sp³-hybridized carbons (Fsp3) is 0.467. The Balaban J connectivity index is 2.68. The van der Waals surface area contributed by atoms with Crippen molar-refractivity contribution in [2.45, 2.75) is 39.2 Å². The van der Waals surface area contributed by atoms with Gasteiger partial charge in [-0.15, -0.1) is 0 Å². The number of fused-ring (bicyclic) bond motifs is 1. The summed E-state index contributed by atoms with van der Waals surface area (Å²) in [4.78, 5) is 24.4. The quantitative estimate of drug-likeness (QED) is 0.870. The number of Topliss-reactive ketones (excluding diaryl/α,β-unsaturated/α-hetero) is 2. The lowest BCUT2D eigenvalue weighted by Gasteiger charge is -2.45. The summed E-state index contributed by atoms with van der Waals surface area (Å²) >= 11 is 0. The molecule has 1 aromatic carbocycles. The van der Waals surface area contributed by atoms with Gasteiger partial charge in [0, 0.05) is 5.56 Å². The van der Waals surface area contributed by atoms with Gasteiger partial charge in [-0.3, -0.25) is 9.59 Å². The van der Waals surface area contributed by atoms with Crippen molar-refractivity contribution in [1.29, 1.82) is 0 Å². The summed E-state index contributed by atoms with van der Waals surface area (Å²) in [5, 5.41) is 10.6. The van der Waals surface area contributed by atoms with Gasteiger partial charge < -0.3 is 5.11 Å². The summed E-state index contributed by atoms with van der Waals surface area (Å²) in [6, 6.07) is 7.20. The van der Waals surface area contributed by atoms with E-state index < -0.39 is 11.0 Å². The van der Waals surface area contributed by atoms with Crippen LogP contribution in [0.15, 0.2) is 24.3 Å². The molecule has 0 aromatic heterocycles. The van der Waals surface area contributed by atoms with Crippen LogP contribution in [0.2, 0.25) is 0 Å². The summed E-state index contributed by atoms with van der Waals surface area (Å²) in [6.45, 7) is 4.77. The Morgan fingerprint density at radius 1 is 1.39 bits per heavy atom. The van der Waals surface area contributed by atoms with Crippen LogP contribution in [0.3, 0.4) is 0 Å². The van der Waals surface area contributed by atoms with E-state index in [0.717, 1.165) is 5.56 Å². The first-order chi connectivity index (χ1) is 8.37. The van der Waals surface area contributed by atoms with Crippen LogP contribution in [-0.2, 0) is 11.2 Å². The second-order valence-electron chi connectivity index (χ2n) is 5.23. The van der Waals surface area contributed by atoms with Crippen LogP contribution in [0, 0.1) is 5.41 Å². The van der Waals surface area contributed by atoms with Gasteiger partial charge in [0.25, 0.3) is 0 Å². The minimum atomic E-state index is -1.62. The van der Waals surface area contributed by atoms with Gasteiger partial charge >= 0.3 is 0 Å². The molecule has 0 radical (unpaired) electrons. The average Bonchev–Trinajstić information content (AvgIpc) is 2.33. The number of aliphatic hydroxyl groups is 1. The number of hydrogen-bond acceptors (Lipinski definition) is 3. The van der Waals surface area contributed by atoms with Crippen LogP contribution in [0.4, 0.5) is 0 Å². The van der Waals surface area contributed by atoms with Crippen molar-refractivity contribution in [2.24, 2.45) is 5.41 Å². The van der Waals surface area contributed by atoms with Gasteiger partial charge in [0.2, 0.25) is 0 Å². The summed E-state index contributed by atoms with van der Waals surface area (Å²) in [5.74, 6) is -0.473. The summed E-state index contributed by atoms with van der Waals surface area (Å²) in [5.41, 5.74) is -1.24. The molecular formula is C15H18O3. The van der Waals surface area contributed by atoms with Gasteiger partial charge in [0.05, 0.1) is 5.41 Å². The molecule has 2 atom stereocenters. The Morgan fingerprint density at radius 2 is 2.00 bits per heavy atom. The smallest absolute Gasteiger partial charge is 0.195 e. The van der Waals surface area contributed by atoms with Crippen LogP contribution < -0.4 is 0 Å². The summed E-state index contributed by atoms with van der Waals surface area (Å²) < 4.78 is 0. The van der Waals surface area contributed by atoms with Crippen LogP contribution in [0.25, 0.3) is 0 Å². The molecule has 1 N–H and O–H groups in total. The van der Waals surface area contributed by atoms with Crippen molar-refractivity contribution in [3.8, 4) is 0 Å². The van der Waals surface area contributed by atoms with Crippen LogP contribution in [0.5, 0.6) is 0 Å². The third-order valence-electron chi connectivity index (χ3n) is 4.41. The Hall–Kier alpha value is -1.48. The molecule has 0 fully saturated rings. The molecule has 0 bridgehead atoms. The second kappa shape index (κ2) is 4.02. The van der Waals surface area contributed by atoms with Gasteiger partial charge in [-0.05, 0) is 32.3 Å². The number of carbonyl (C=O) groups excluding carboxylic acids is 2. The highest BCUT2D eigenvalue weighted by Gasteiger charge is 2.57. The molecule has 0 saturated heterocycles. The Morgan fingerprint density at radius 3 is 2.56 bits per heavy atom. The van der Waals surface area contributed by atoms with Crippen LogP contribution >= 0.6 is 0 Å². The van der Waals surface area contributed by atoms with Gasteiger partial charge in [-0.25, -0.2) is 0 Å². The molecule has 3 nitrogen and oxygen atoms in total. The highest BCUT2D eigenvalue weighted by atomic mass is 16.3. The molecule has 0 saturated carbocycles. The molecule has 2 rings (SSSR count). The summed E-state index contributed by atoms with van der Waals surface area (Å²) in [7, 11) is 0. The van der Waals surface area contributed by atoms with Crippen molar-refractivity contribution < 1.29 is 14.7 Å². The van der Waals surface area contributed by atoms with E-state index in [1.54, 1.807) is 12.1 Å². The zero-order valence-electron chi connectivity index (χ0n) is 11.0. The maximum absolute atomic E-state index is 12.4. The first-order valence-electron chi connectivity index (χ1n) is 6.23. The van der Waals surface area contributed by atoms with E-state index in [1.807, 2.05) is 19.1 Å². The van der Waals surface area contributed by atoms with Gasteiger partial charge in [0.1, 0.15) is 11.4 Å². The van der Waals surface area contributed by atoms with Crippen molar-refractivity contribution in [2.75, 3.05) is 0 Å². The molecule has 18 heavy (non-hydrogen) atoms. The fourth-order valence-electron chi connectivity index (χ4n) is 3.06. The van der Waals surface area contributed by atoms with E-state index in [2.05, 4.69) is 0 Å². The third-order valence-corrected chi connectivity index (χ3v) is 4.41. The molecule has 0 spiro atoms. The number of benzene rings is 1. The normalized spacial score (nSPS) is 31.0. The third kappa shape index (κ3) is 1.47. The van der Waals surface area contributed by atoms with Crippen molar-refractivity contribution in [3.63, 3.8) is 0 Å². The van der Waals surface area contributed by atoms with E-state index in [9.17, 15) is 14.7 Å². The lowest BCUT2D eigenvalue weighted by atomic mass is 9.58. The lowest BCUT2D eigenvalue weighted by molar-refractivity contribution is -0.140. The lowest BCUT2D eigenvalue weighted by Crippen LogP contribution is -2.59. The topological polar surface area (TPSA) is 54.4 Å². The molecule has 1 aromatic rings. The largest absolute Gasteiger partial charge is 0.381 e. The molecule has 1 aliphatic rings. The molecule has 3 heteroatoms. The zero-order valence-corrected chi connectivity index (χ0v) is 11.0. The van der Waals surface area contributed by atoms with Gasteiger partial charge in [0.15, 0.2) is 5.78 Å². The fourth-order valence-corrected chi connectivity index (χ4v) is 3.06. The van der Waals surface area contributed by atoms with E-state index in [-0.39, 0.29) is 11.6 Å². The standard InChI is InChI=1S/C15H18O3/c1-4-15(10(2)16)9-11-7-5-6-8-12(11)13(17)14(15,3)18/h5-8,18H,4,9H2,1-3H3/t14-,15+/m1/s1. The number of ketones is 2. The zero-order chi connectivity index (χ0) is 13.6. The molecule has 0 heterocycles. The molecule has 0 aliphatic heterocycles. The molecule has 1 aliphatic carbocycles. The minimum absolute atomic E-state index is 0.127. The van der Waals surface area contributed by atoms with Crippen LogP contribution in [-0.4, -0.2) is 22.3 Å². The maximum atomic E-state index is 12.4. The Labute approximate surface area is 107 Å². The van der Waals surface area contributed by atoms with E-state index >= 15 is 0 Å². The molecule has 0 unspecified atom stereocenters. The number of carbonyl (C=O) groups is 2. The van der Waals surface area contributed by atoms with E-state index in [1.165, 1.54) is 13.8 Å². The maximum Gasteiger partial charge on any atom is 0.195 e. The predicted molar refractivity (Wildman–Crippen MR) is 68.5 cm³/mol. The van der Waals surface area contributed by atoms with Gasteiger partial charge in [-0.2, -0.15) is 0 Å². The molecule has 0 amide bonds.